The van der Waals surface area contributed by atoms with Crippen LogP contribution in [0, 0.1) is 5.92 Å². The highest BCUT2D eigenvalue weighted by atomic mass is 16.5. The minimum absolute atomic E-state index is 0.0212. The highest BCUT2D eigenvalue weighted by Gasteiger charge is 2.13. The lowest BCUT2D eigenvalue weighted by Gasteiger charge is -2.19. The van der Waals surface area contributed by atoms with Gasteiger partial charge in [0.25, 0.3) is 0 Å². The van der Waals surface area contributed by atoms with Crippen LogP contribution in [0.15, 0.2) is 29.4 Å². The normalized spacial score (nSPS) is 15.2. The van der Waals surface area contributed by atoms with E-state index in [0.717, 1.165) is 11.3 Å². The Morgan fingerprint density at radius 1 is 1.44 bits per heavy atom. The Bertz CT molecular complexity index is 407. The summed E-state index contributed by atoms with van der Waals surface area (Å²) in [4.78, 5) is 0. The van der Waals surface area contributed by atoms with Crippen LogP contribution in [-0.2, 0) is 0 Å². The number of oxime groups is 1. The molecule has 5 nitrogen and oxygen atoms in total. The Labute approximate surface area is 108 Å². The molecule has 0 fully saturated rings. The van der Waals surface area contributed by atoms with E-state index in [4.69, 9.17) is 15.7 Å². The summed E-state index contributed by atoms with van der Waals surface area (Å²) in [5.41, 5.74) is 6.62. The van der Waals surface area contributed by atoms with Crippen LogP contribution < -0.4 is 15.8 Å². The van der Waals surface area contributed by atoms with Crippen molar-refractivity contribution in [3.63, 3.8) is 0 Å². The second-order valence-electron chi connectivity index (χ2n) is 4.30. The van der Waals surface area contributed by atoms with Gasteiger partial charge in [-0.2, -0.15) is 0 Å². The lowest BCUT2D eigenvalue weighted by molar-refractivity contribution is 0.313. The topological polar surface area (TPSA) is 79.9 Å². The number of nitrogens with two attached hydrogens (primary N) is 1. The molecule has 100 valence electrons. The maximum atomic E-state index is 8.58. The molecule has 1 aromatic rings. The molecule has 0 heterocycles. The van der Waals surface area contributed by atoms with Gasteiger partial charge in [0.1, 0.15) is 11.6 Å². The first-order chi connectivity index (χ1) is 8.60. The van der Waals surface area contributed by atoms with Crippen molar-refractivity contribution in [1.82, 2.24) is 5.32 Å². The van der Waals surface area contributed by atoms with Crippen LogP contribution in [-0.4, -0.2) is 24.7 Å². The maximum absolute atomic E-state index is 8.58. The van der Waals surface area contributed by atoms with Gasteiger partial charge in [-0.05, 0) is 13.0 Å². The molecule has 1 rings (SSSR count). The SMILES string of the molecule is COc1ccccc1[C@@H](C)NCC(C)/C(N)=N/O. The second kappa shape index (κ2) is 6.86. The molecule has 1 unspecified atom stereocenters. The number of para-hydroxylation sites is 1. The largest absolute Gasteiger partial charge is 0.496 e. The molecule has 0 saturated heterocycles. The summed E-state index contributed by atoms with van der Waals surface area (Å²) in [6.45, 7) is 4.59. The minimum atomic E-state index is -0.0212. The van der Waals surface area contributed by atoms with Crippen LogP contribution in [0.5, 0.6) is 5.75 Å². The summed E-state index contributed by atoms with van der Waals surface area (Å²) in [6, 6.07) is 8.00. The monoisotopic (exact) mass is 251 g/mol. The van der Waals surface area contributed by atoms with Gasteiger partial charge < -0.3 is 21.0 Å². The van der Waals surface area contributed by atoms with Crippen molar-refractivity contribution in [1.29, 1.82) is 0 Å². The zero-order chi connectivity index (χ0) is 13.5. The van der Waals surface area contributed by atoms with E-state index in [1.54, 1.807) is 7.11 Å². The predicted octanol–water partition coefficient (Wildman–Crippen LogP) is 1.73. The van der Waals surface area contributed by atoms with Gasteiger partial charge in [0.15, 0.2) is 0 Å². The first-order valence-corrected chi connectivity index (χ1v) is 5.93. The number of nitrogens with zero attached hydrogens (tertiary/aromatic N) is 1. The third-order valence-electron chi connectivity index (χ3n) is 2.96. The molecular weight excluding hydrogens is 230 g/mol. The molecule has 0 aliphatic heterocycles. The molecule has 2 atom stereocenters. The lowest BCUT2D eigenvalue weighted by atomic mass is 10.1. The van der Waals surface area contributed by atoms with Crippen molar-refractivity contribution in [2.45, 2.75) is 19.9 Å². The van der Waals surface area contributed by atoms with Gasteiger partial charge in [-0.1, -0.05) is 30.3 Å². The van der Waals surface area contributed by atoms with Gasteiger partial charge in [-0.15, -0.1) is 0 Å². The van der Waals surface area contributed by atoms with Gasteiger partial charge in [-0.3, -0.25) is 0 Å². The smallest absolute Gasteiger partial charge is 0.143 e. The van der Waals surface area contributed by atoms with Crippen molar-refractivity contribution in [3.8, 4) is 5.75 Å². The third-order valence-corrected chi connectivity index (χ3v) is 2.96. The number of hydrogen-bond donors (Lipinski definition) is 3. The second-order valence-corrected chi connectivity index (χ2v) is 4.30. The Morgan fingerprint density at radius 3 is 2.72 bits per heavy atom. The van der Waals surface area contributed by atoms with Crippen LogP contribution in [0.1, 0.15) is 25.5 Å². The Hall–Kier alpha value is -1.75. The number of ether oxygens (including phenoxy) is 1. The number of rotatable bonds is 6. The number of benzene rings is 1. The standard InChI is InChI=1S/C13H21N3O2/c1-9(13(14)16-17)8-15-10(2)11-6-4-5-7-12(11)18-3/h4-7,9-10,15,17H,8H2,1-3H3,(H2,14,16)/t9?,10-/m1/s1. The molecule has 0 aromatic heterocycles. The quantitative estimate of drug-likeness (QED) is 0.311. The number of hydrogen-bond acceptors (Lipinski definition) is 4. The average Bonchev–Trinajstić information content (AvgIpc) is 2.43. The highest BCUT2D eigenvalue weighted by molar-refractivity contribution is 5.82. The molecule has 0 saturated carbocycles. The molecular formula is C13H21N3O2. The van der Waals surface area contributed by atoms with Crippen LogP contribution >= 0.6 is 0 Å². The summed E-state index contributed by atoms with van der Waals surface area (Å²) in [5, 5.41) is 14.9. The van der Waals surface area contributed by atoms with Gasteiger partial charge in [-0.25, -0.2) is 0 Å². The zero-order valence-corrected chi connectivity index (χ0v) is 11.1. The average molecular weight is 251 g/mol. The molecule has 0 bridgehead atoms. The maximum Gasteiger partial charge on any atom is 0.143 e. The summed E-state index contributed by atoms with van der Waals surface area (Å²) in [5.74, 6) is 1.07. The van der Waals surface area contributed by atoms with Crippen molar-refractivity contribution in [2.75, 3.05) is 13.7 Å². The van der Waals surface area contributed by atoms with Gasteiger partial charge in [0, 0.05) is 24.1 Å². The van der Waals surface area contributed by atoms with E-state index in [1.807, 2.05) is 31.2 Å². The zero-order valence-electron chi connectivity index (χ0n) is 11.1. The van der Waals surface area contributed by atoms with Crippen LogP contribution in [0.2, 0.25) is 0 Å². The Kier molecular flexibility index (Phi) is 5.45. The van der Waals surface area contributed by atoms with E-state index in [9.17, 15) is 0 Å². The number of methoxy groups -OCH3 is 1. The van der Waals surface area contributed by atoms with E-state index in [1.165, 1.54) is 0 Å². The number of nitrogens with one attached hydrogen (secondary N) is 1. The number of amidine groups is 1. The molecule has 0 radical (unpaired) electrons. The third kappa shape index (κ3) is 3.63. The Morgan fingerprint density at radius 2 is 2.11 bits per heavy atom. The summed E-state index contributed by atoms with van der Waals surface area (Å²) in [7, 11) is 1.66. The molecule has 4 N–H and O–H groups in total. The summed E-state index contributed by atoms with van der Waals surface area (Å²) < 4.78 is 5.31. The van der Waals surface area contributed by atoms with Gasteiger partial charge in [0.05, 0.1) is 7.11 Å². The first-order valence-electron chi connectivity index (χ1n) is 5.93. The van der Waals surface area contributed by atoms with Crippen LogP contribution in [0.4, 0.5) is 0 Å². The van der Waals surface area contributed by atoms with Crippen molar-refractivity contribution >= 4 is 5.84 Å². The first kappa shape index (κ1) is 14.3. The van der Waals surface area contributed by atoms with E-state index >= 15 is 0 Å². The van der Waals surface area contributed by atoms with Crippen molar-refractivity contribution < 1.29 is 9.94 Å². The fourth-order valence-corrected chi connectivity index (χ4v) is 1.69. The van der Waals surface area contributed by atoms with E-state index in [2.05, 4.69) is 17.4 Å². The lowest BCUT2D eigenvalue weighted by Crippen LogP contribution is -2.32. The van der Waals surface area contributed by atoms with Crippen LogP contribution in [0.25, 0.3) is 0 Å². The van der Waals surface area contributed by atoms with E-state index < -0.39 is 0 Å². The molecule has 0 aliphatic carbocycles. The molecule has 18 heavy (non-hydrogen) atoms. The van der Waals surface area contributed by atoms with E-state index in [-0.39, 0.29) is 17.8 Å². The highest BCUT2D eigenvalue weighted by Crippen LogP contribution is 2.24. The molecule has 0 amide bonds. The molecule has 5 heteroatoms. The fourth-order valence-electron chi connectivity index (χ4n) is 1.69. The molecule has 0 aliphatic rings. The predicted molar refractivity (Wildman–Crippen MR) is 72.0 cm³/mol. The van der Waals surface area contributed by atoms with Gasteiger partial charge in [0.2, 0.25) is 0 Å². The van der Waals surface area contributed by atoms with Crippen LogP contribution in [0.3, 0.4) is 0 Å². The minimum Gasteiger partial charge on any atom is -0.496 e. The summed E-state index contributed by atoms with van der Waals surface area (Å²) in [6.07, 6.45) is 0. The Balaban J connectivity index is 2.63. The summed E-state index contributed by atoms with van der Waals surface area (Å²) >= 11 is 0. The fraction of sp³-hybridized carbons (Fsp3) is 0.462. The van der Waals surface area contributed by atoms with E-state index in [0.29, 0.717) is 6.54 Å². The van der Waals surface area contributed by atoms with Gasteiger partial charge >= 0.3 is 0 Å². The molecule has 1 aromatic carbocycles. The van der Waals surface area contributed by atoms with Crippen molar-refractivity contribution in [2.24, 2.45) is 16.8 Å². The van der Waals surface area contributed by atoms with Crippen molar-refractivity contribution in [3.05, 3.63) is 29.8 Å². The molecule has 0 spiro atoms.